The summed E-state index contributed by atoms with van der Waals surface area (Å²) in [5.74, 6) is -2.61. The SMILES string of the molecule is C/C(=N/Nc1cc(C(=O)O)ccc1Cl)c1c(F)cccc1F. The van der Waals surface area contributed by atoms with Gasteiger partial charge in [-0.25, -0.2) is 13.6 Å². The van der Waals surface area contributed by atoms with Crippen LogP contribution in [-0.2, 0) is 0 Å². The second-order valence-electron chi connectivity index (χ2n) is 4.41. The molecule has 114 valence electrons. The van der Waals surface area contributed by atoms with E-state index in [1.54, 1.807) is 0 Å². The molecule has 7 heteroatoms. The molecule has 0 saturated carbocycles. The van der Waals surface area contributed by atoms with Crippen LogP contribution in [0.3, 0.4) is 0 Å². The van der Waals surface area contributed by atoms with Crippen LogP contribution in [0.1, 0.15) is 22.8 Å². The van der Waals surface area contributed by atoms with Crippen LogP contribution in [0.25, 0.3) is 0 Å². The van der Waals surface area contributed by atoms with E-state index in [0.717, 1.165) is 12.1 Å². The van der Waals surface area contributed by atoms with Gasteiger partial charge in [-0.2, -0.15) is 5.10 Å². The van der Waals surface area contributed by atoms with Gasteiger partial charge in [0.1, 0.15) is 11.6 Å². The molecule has 0 aliphatic carbocycles. The Morgan fingerprint density at radius 2 is 1.86 bits per heavy atom. The molecule has 0 radical (unpaired) electrons. The maximum Gasteiger partial charge on any atom is 0.335 e. The molecule has 0 unspecified atom stereocenters. The highest BCUT2D eigenvalue weighted by Gasteiger charge is 2.12. The second kappa shape index (κ2) is 6.53. The molecule has 0 heterocycles. The Morgan fingerprint density at radius 3 is 2.45 bits per heavy atom. The summed E-state index contributed by atoms with van der Waals surface area (Å²) in [5.41, 5.74) is 2.55. The van der Waals surface area contributed by atoms with E-state index in [4.69, 9.17) is 16.7 Å². The minimum absolute atomic E-state index is 0.0109. The van der Waals surface area contributed by atoms with Crippen LogP contribution in [0, 0.1) is 11.6 Å². The zero-order valence-electron chi connectivity index (χ0n) is 11.4. The zero-order valence-corrected chi connectivity index (χ0v) is 12.2. The van der Waals surface area contributed by atoms with E-state index in [1.165, 1.54) is 31.2 Å². The minimum atomic E-state index is -1.12. The van der Waals surface area contributed by atoms with E-state index in [-0.39, 0.29) is 27.5 Å². The predicted molar refractivity (Wildman–Crippen MR) is 80.6 cm³/mol. The number of carboxylic acids is 1. The predicted octanol–water partition coefficient (Wildman–Crippen LogP) is 4.15. The first kappa shape index (κ1) is 15.9. The van der Waals surface area contributed by atoms with Crippen LogP contribution in [0.15, 0.2) is 41.5 Å². The molecule has 2 N–H and O–H groups in total. The van der Waals surface area contributed by atoms with Gasteiger partial charge in [-0.15, -0.1) is 0 Å². The fraction of sp³-hybridized carbons (Fsp3) is 0.0667. The van der Waals surface area contributed by atoms with Gasteiger partial charge in [0.25, 0.3) is 0 Å². The normalized spacial score (nSPS) is 11.4. The van der Waals surface area contributed by atoms with Crippen molar-refractivity contribution < 1.29 is 18.7 Å². The molecule has 0 aliphatic rings. The van der Waals surface area contributed by atoms with E-state index in [9.17, 15) is 13.6 Å². The molecular weight excluding hydrogens is 314 g/mol. The lowest BCUT2D eigenvalue weighted by atomic mass is 10.1. The summed E-state index contributed by atoms with van der Waals surface area (Å²) < 4.78 is 27.2. The number of halogens is 3. The van der Waals surface area contributed by atoms with Gasteiger partial charge in [0.05, 0.1) is 27.5 Å². The van der Waals surface area contributed by atoms with Gasteiger partial charge >= 0.3 is 5.97 Å². The van der Waals surface area contributed by atoms with Crippen LogP contribution >= 0.6 is 11.6 Å². The monoisotopic (exact) mass is 324 g/mol. The molecule has 2 aromatic rings. The quantitative estimate of drug-likeness (QED) is 0.656. The standard InChI is InChI=1S/C15H11ClF2N2O2/c1-8(14-11(17)3-2-4-12(14)18)19-20-13-7-9(15(21)22)5-6-10(13)16/h2-7,20H,1H3,(H,21,22)/b19-8-. The van der Waals surface area contributed by atoms with Gasteiger partial charge in [-0.3, -0.25) is 5.43 Å². The Morgan fingerprint density at radius 1 is 1.23 bits per heavy atom. The number of anilines is 1. The average Bonchev–Trinajstić information content (AvgIpc) is 2.46. The van der Waals surface area contributed by atoms with Crippen molar-refractivity contribution >= 4 is 29.0 Å². The maximum atomic E-state index is 13.6. The van der Waals surface area contributed by atoms with E-state index in [2.05, 4.69) is 10.5 Å². The van der Waals surface area contributed by atoms with Crippen molar-refractivity contribution in [1.29, 1.82) is 0 Å². The van der Waals surface area contributed by atoms with Crippen LogP contribution in [0.2, 0.25) is 5.02 Å². The van der Waals surface area contributed by atoms with Gasteiger partial charge in [-0.1, -0.05) is 17.7 Å². The third-order valence-corrected chi connectivity index (χ3v) is 3.21. The Kier molecular flexibility index (Phi) is 4.72. The molecule has 0 aliphatic heterocycles. The number of rotatable bonds is 4. The minimum Gasteiger partial charge on any atom is -0.478 e. The Bertz CT molecular complexity index is 743. The number of hydrogen-bond donors (Lipinski definition) is 2. The Balaban J connectivity index is 2.32. The zero-order chi connectivity index (χ0) is 16.3. The number of nitrogens with one attached hydrogen (secondary N) is 1. The highest BCUT2D eigenvalue weighted by molar-refractivity contribution is 6.33. The average molecular weight is 325 g/mol. The molecule has 0 fully saturated rings. The summed E-state index contributed by atoms with van der Waals surface area (Å²) in [6.45, 7) is 1.42. The lowest BCUT2D eigenvalue weighted by Gasteiger charge is -2.08. The summed E-state index contributed by atoms with van der Waals surface area (Å²) in [4.78, 5) is 10.9. The van der Waals surface area contributed by atoms with Crippen molar-refractivity contribution in [3.8, 4) is 0 Å². The summed E-state index contributed by atoms with van der Waals surface area (Å²) in [7, 11) is 0. The number of aromatic carboxylic acids is 1. The molecule has 2 aromatic carbocycles. The smallest absolute Gasteiger partial charge is 0.335 e. The number of carbonyl (C=O) groups is 1. The summed E-state index contributed by atoms with van der Waals surface area (Å²) in [5, 5.41) is 13.0. The van der Waals surface area contributed by atoms with Crippen molar-refractivity contribution in [3.05, 3.63) is 64.2 Å². The topological polar surface area (TPSA) is 61.7 Å². The molecule has 4 nitrogen and oxygen atoms in total. The van der Waals surface area contributed by atoms with E-state index < -0.39 is 17.6 Å². The van der Waals surface area contributed by atoms with Crippen LogP contribution in [0.5, 0.6) is 0 Å². The van der Waals surface area contributed by atoms with E-state index >= 15 is 0 Å². The van der Waals surface area contributed by atoms with Crippen molar-refractivity contribution in [2.75, 3.05) is 5.43 Å². The molecule has 0 amide bonds. The highest BCUT2D eigenvalue weighted by atomic mass is 35.5. The van der Waals surface area contributed by atoms with Crippen molar-refractivity contribution in [1.82, 2.24) is 0 Å². The third-order valence-electron chi connectivity index (χ3n) is 2.88. The Hall–Kier alpha value is -2.47. The Labute approximate surface area is 130 Å². The lowest BCUT2D eigenvalue weighted by Crippen LogP contribution is -2.06. The van der Waals surface area contributed by atoms with Gasteiger partial charge in [-0.05, 0) is 37.3 Å². The number of nitrogens with zero attached hydrogens (tertiary/aromatic N) is 1. The highest BCUT2D eigenvalue weighted by Crippen LogP contribution is 2.23. The molecular formula is C15H11ClF2N2O2. The number of hydrogen-bond acceptors (Lipinski definition) is 3. The van der Waals surface area contributed by atoms with Gasteiger partial charge in [0.2, 0.25) is 0 Å². The fourth-order valence-electron chi connectivity index (χ4n) is 1.79. The van der Waals surface area contributed by atoms with Crippen molar-refractivity contribution in [2.45, 2.75) is 6.92 Å². The fourth-order valence-corrected chi connectivity index (χ4v) is 1.95. The number of benzene rings is 2. The summed E-state index contributed by atoms with van der Waals surface area (Å²) in [6, 6.07) is 7.50. The first-order valence-corrected chi connectivity index (χ1v) is 6.55. The maximum absolute atomic E-state index is 13.6. The van der Waals surface area contributed by atoms with E-state index in [0.29, 0.717) is 0 Å². The summed E-state index contributed by atoms with van der Waals surface area (Å²) in [6.07, 6.45) is 0. The molecule has 0 aromatic heterocycles. The number of hydrazone groups is 1. The van der Waals surface area contributed by atoms with Crippen molar-refractivity contribution in [3.63, 3.8) is 0 Å². The largest absolute Gasteiger partial charge is 0.478 e. The molecule has 2 rings (SSSR count). The molecule has 22 heavy (non-hydrogen) atoms. The van der Waals surface area contributed by atoms with Gasteiger partial charge in [0.15, 0.2) is 0 Å². The van der Waals surface area contributed by atoms with Gasteiger partial charge < -0.3 is 5.11 Å². The van der Waals surface area contributed by atoms with E-state index in [1.807, 2.05) is 0 Å². The number of carboxylic acid groups (broad SMARTS) is 1. The van der Waals surface area contributed by atoms with Crippen LogP contribution in [0.4, 0.5) is 14.5 Å². The molecule has 0 atom stereocenters. The molecule has 0 spiro atoms. The molecule has 0 saturated heterocycles. The molecule has 0 bridgehead atoms. The van der Waals surface area contributed by atoms with Crippen LogP contribution < -0.4 is 5.43 Å². The van der Waals surface area contributed by atoms with Crippen molar-refractivity contribution in [2.24, 2.45) is 5.10 Å². The lowest BCUT2D eigenvalue weighted by molar-refractivity contribution is 0.0697. The van der Waals surface area contributed by atoms with Crippen LogP contribution in [-0.4, -0.2) is 16.8 Å². The summed E-state index contributed by atoms with van der Waals surface area (Å²) >= 11 is 5.92. The first-order valence-electron chi connectivity index (χ1n) is 6.17. The van der Waals surface area contributed by atoms with Gasteiger partial charge in [0, 0.05) is 0 Å². The second-order valence-corrected chi connectivity index (χ2v) is 4.81. The first-order chi connectivity index (χ1) is 10.4. The third kappa shape index (κ3) is 3.40.